The molecule has 12 heteroatoms. The molecule has 1 aliphatic rings. The first-order chi connectivity index (χ1) is 17.7. The summed E-state index contributed by atoms with van der Waals surface area (Å²) >= 11 is 0. The number of ether oxygens (including phenoxy) is 2. The van der Waals surface area contributed by atoms with E-state index in [0.717, 1.165) is 12.1 Å². The number of morpholine rings is 1. The summed E-state index contributed by atoms with van der Waals surface area (Å²) < 4.78 is 80.3. The van der Waals surface area contributed by atoms with Crippen LogP contribution in [0.2, 0.25) is 0 Å². The molecule has 0 atom stereocenters. The Hall–Kier alpha value is -2.93. The maximum absolute atomic E-state index is 13.6. The van der Waals surface area contributed by atoms with Gasteiger partial charge < -0.3 is 14.0 Å². The number of methoxy groups -OCH3 is 1. The van der Waals surface area contributed by atoms with E-state index in [0.29, 0.717) is 50.0 Å². The maximum Gasteiger partial charge on any atom is 0.416 e. The number of imidazole rings is 1. The van der Waals surface area contributed by atoms with Crippen LogP contribution in [0.4, 0.5) is 13.2 Å². The number of sulfonamides is 1. The molecule has 2 heterocycles. The Kier molecular flexibility index (Phi) is 8.53. The Labute approximate surface area is 214 Å². The Bertz CT molecular complexity index is 1270. The van der Waals surface area contributed by atoms with Gasteiger partial charge in [0.05, 0.1) is 37.3 Å². The van der Waals surface area contributed by atoms with Gasteiger partial charge in [-0.15, -0.1) is 0 Å². The van der Waals surface area contributed by atoms with Crippen LogP contribution in [0.15, 0.2) is 65.8 Å². The van der Waals surface area contributed by atoms with Crippen LogP contribution >= 0.6 is 0 Å². The number of benzene rings is 2. The second kappa shape index (κ2) is 11.6. The fourth-order valence-electron chi connectivity index (χ4n) is 4.09. The fraction of sp³-hybridized carbons (Fsp3) is 0.400. The van der Waals surface area contributed by atoms with Crippen molar-refractivity contribution >= 4 is 10.0 Å². The van der Waals surface area contributed by atoms with Crippen LogP contribution in [0.25, 0.3) is 0 Å². The highest BCUT2D eigenvalue weighted by Gasteiger charge is 2.31. The number of nitrogens with zero attached hydrogens (tertiary/aromatic N) is 4. The molecule has 4 rings (SSSR count). The number of hydrogen-bond acceptors (Lipinski definition) is 6. The van der Waals surface area contributed by atoms with E-state index >= 15 is 0 Å². The third kappa shape index (κ3) is 6.89. The summed E-state index contributed by atoms with van der Waals surface area (Å²) in [6.45, 7) is 3.40. The van der Waals surface area contributed by atoms with Crippen molar-refractivity contribution in [2.75, 3.05) is 46.5 Å². The molecule has 0 unspecified atom stereocenters. The van der Waals surface area contributed by atoms with Crippen LogP contribution in [-0.4, -0.2) is 73.7 Å². The summed E-state index contributed by atoms with van der Waals surface area (Å²) in [4.78, 5) is 6.58. The topological polar surface area (TPSA) is 76.9 Å². The highest BCUT2D eigenvalue weighted by molar-refractivity contribution is 7.89. The lowest BCUT2D eigenvalue weighted by Gasteiger charge is -2.29. The van der Waals surface area contributed by atoms with Gasteiger partial charge in [0.2, 0.25) is 10.0 Å². The maximum atomic E-state index is 13.6. The smallest absolute Gasteiger partial charge is 0.416 e. The highest BCUT2D eigenvalue weighted by atomic mass is 32.2. The van der Waals surface area contributed by atoms with Crippen molar-refractivity contribution in [3.05, 3.63) is 77.9 Å². The second-order valence-electron chi connectivity index (χ2n) is 8.64. The first-order valence-electron chi connectivity index (χ1n) is 11.8. The number of hydrogen-bond donors (Lipinski definition) is 0. The average molecular weight is 539 g/mol. The Morgan fingerprint density at radius 2 is 1.84 bits per heavy atom. The molecule has 0 saturated carbocycles. The molecule has 3 aromatic rings. The lowest BCUT2D eigenvalue weighted by atomic mass is 10.1. The third-order valence-electron chi connectivity index (χ3n) is 6.19. The highest BCUT2D eigenvalue weighted by Crippen LogP contribution is 2.30. The molecule has 0 aliphatic carbocycles. The van der Waals surface area contributed by atoms with Crippen LogP contribution in [0.3, 0.4) is 0 Å². The first kappa shape index (κ1) is 27.1. The van der Waals surface area contributed by atoms with Gasteiger partial charge in [0, 0.05) is 45.1 Å². The number of halogens is 3. The van der Waals surface area contributed by atoms with Crippen molar-refractivity contribution in [1.82, 2.24) is 18.8 Å². The van der Waals surface area contributed by atoms with Gasteiger partial charge in [0.25, 0.3) is 0 Å². The number of alkyl halides is 3. The lowest BCUT2D eigenvalue weighted by Crippen LogP contribution is -2.43. The fourth-order valence-corrected chi connectivity index (χ4v) is 5.48. The summed E-state index contributed by atoms with van der Waals surface area (Å²) in [5.41, 5.74) is -0.298. The molecule has 8 nitrogen and oxygen atoms in total. The van der Waals surface area contributed by atoms with Gasteiger partial charge in [0.1, 0.15) is 11.6 Å². The number of rotatable bonds is 10. The molecule has 37 heavy (non-hydrogen) atoms. The van der Waals surface area contributed by atoms with E-state index in [9.17, 15) is 21.6 Å². The van der Waals surface area contributed by atoms with Gasteiger partial charge in [-0.1, -0.05) is 12.1 Å². The van der Waals surface area contributed by atoms with Gasteiger partial charge >= 0.3 is 6.18 Å². The molecule has 1 aromatic heterocycles. The van der Waals surface area contributed by atoms with Crippen molar-refractivity contribution < 1.29 is 31.1 Å². The molecular weight excluding hydrogens is 509 g/mol. The minimum atomic E-state index is -4.45. The first-order valence-corrected chi connectivity index (χ1v) is 13.2. The quantitative estimate of drug-likeness (QED) is 0.394. The van der Waals surface area contributed by atoms with Crippen molar-refractivity contribution in [2.45, 2.75) is 24.2 Å². The molecule has 200 valence electrons. The predicted octanol–water partition coefficient (Wildman–Crippen LogP) is 3.48. The summed E-state index contributed by atoms with van der Waals surface area (Å²) in [7, 11) is -2.40. The zero-order valence-corrected chi connectivity index (χ0v) is 21.2. The minimum Gasteiger partial charge on any atom is -0.497 e. The van der Waals surface area contributed by atoms with Crippen LogP contribution in [0, 0.1) is 0 Å². The molecule has 1 fully saturated rings. The van der Waals surface area contributed by atoms with Crippen molar-refractivity contribution in [2.24, 2.45) is 0 Å². The van der Waals surface area contributed by atoms with Gasteiger partial charge in [-0.3, -0.25) is 4.90 Å². The van der Waals surface area contributed by atoms with E-state index in [-0.39, 0.29) is 24.5 Å². The van der Waals surface area contributed by atoms with Crippen molar-refractivity contribution in [3.8, 4) is 5.75 Å². The minimum absolute atomic E-state index is 0.0370. The molecular formula is C25H29F3N4O4S. The van der Waals surface area contributed by atoms with E-state index in [4.69, 9.17) is 9.47 Å². The van der Waals surface area contributed by atoms with E-state index in [1.807, 2.05) is 0 Å². The summed E-state index contributed by atoms with van der Waals surface area (Å²) in [5, 5.41) is 0. The Morgan fingerprint density at radius 3 is 2.51 bits per heavy atom. The average Bonchev–Trinajstić information content (AvgIpc) is 3.33. The molecule has 1 aliphatic heterocycles. The van der Waals surface area contributed by atoms with E-state index in [2.05, 4.69) is 9.88 Å². The number of aromatic nitrogens is 2. The summed E-state index contributed by atoms with van der Waals surface area (Å²) in [6.07, 6.45) is -1.30. The normalized spacial score (nSPS) is 15.3. The zero-order chi connectivity index (χ0) is 26.5. The second-order valence-corrected chi connectivity index (χ2v) is 10.6. The van der Waals surface area contributed by atoms with Crippen LogP contribution < -0.4 is 4.74 Å². The van der Waals surface area contributed by atoms with Gasteiger partial charge in [-0.25, -0.2) is 13.4 Å². The van der Waals surface area contributed by atoms with Crippen molar-refractivity contribution in [3.63, 3.8) is 0 Å². The molecule has 0 radical (unpaired) electrons. The third-order valence-corrected chi connectivity index (χ3v) is 8.05. The molecule has 2 aromatic carbocycles. The molecule has 0 bridgehead atoms. The largest absolute Gasteiger partial charge is 0.497 e. The van der Waals surface area contributed by atoms with E-state index in [1.54, 1.807) is 29.0 Å². The van der Waals surface area contributed by atoms with Crippen LogP contribution in [0.1, 0.15) is 17.0 Å². The van der Waals surface area contributed by atoms with Gasteiger partial charge in [0.15, 0.2) is 0 Å². The molecule has 1 saturated heterocycles. The summed E-state index contributed by atoms with van der Waals surface area (Å²) in [6, 6.07) is 11.2. The Balaban J connectivity index is 1.58. The van der Waals surface area contributed by atoms with Crippen LogP contribution in [0.5, 0.6) is 5.75 Å². The predicted molar refractivity (Wildman–Crippen MR) is 131 cm³/mol. The standard InChI is InChI=1S/C25H29F3N4O4S/c1-35-22-5-7-23(8-6-22)37(33,34)32(12-11-30-13-15-36-16-14-30)19-24-29-9-10-31(24)18-20-3-2-4-21(17-20)25(26,27)28/h2-10,17H,11-16,18-19H2,1H3. The summed E-state index contributed by atoms with van der Waals surface area (Å²) in [5.74, 6) is 0.965. The Morgan fingerprint density at radius 1 is 1.11 bits per heavy atom. The van der Waals surface area contributed by atoms with Gasteiger partial charge in [-0.2, -0.15) is 17.5 Å². The molecule has 0 amide bonds. The van der Waals surface area contributed by atoms with Gasteiger partial charge in [-0.05, 0) is 42.0 Å². The SMILES string of the molecule is COc1ccc(S(=O)(=O)N(CCN2CCOCC2)Cc2nccn2Cc2cccc(C(F)(F)F)c2)cc1. The van der Waals surface area contributed by atoms with E-state index < -0.39 is 21.8 Å². The molecule has 0 spiro atoms. The molecule has 0 N–H and O–H groups in total. The zero-order valence-electron chi connectivity index (χ0n) is 20.4. The van der Waals surface area contributed by atoms with Crippen molar-refractivity contribution in [1.29, 1.82) is 0 Å². The monoisotopic (exact) mass is 538 g/mol. The van der Waals surface area contributed by atoms with Crippen LogP contribution in [-0.2, 0) is 34.0 Å². The van der Waals surface area contributed by atoms with E-state index in [1.165, 1.54) is 35.8 Å². The lowest BCUT2D eigenvalue weighted by molar-refractivity contribution is -0.137.